The molecule has 0 bridgehead atoms. The van der Waals surface area contributed by atoms with Gasteiger partial charge in [0, 0.05) is 5.56 Å². The molecule has 1 heterocycles. The molecule has 3 N–H and O–H groups in total. The molecule has 1 aromatic carbocycles. The topological polar surface area (TPSA) is 125 Å². The summed E-state index contributed by atoms with van der Waals surface area (Å²) in [6, 6.07) is 6.17. The van der Waals surface area contributed by atoms with Crippen molar-refractivity contribution in [3.63, 3.8) is 0 Å². The van der Waals surface area contributed by atoms with Crippen LogP contribution < -0.4 is 16.0 Å². The van der Waals surface area contributed by atoms with Crippen LogP contribution in [0.1, 0.15) is 10.4 Å². The Hall–Kier alpha value is -2.65. The summed E-state index contributed by atoms with van der Waals surface area (Å²) in [6.07, 6.45) is 1.29. The molecule has 110 valence electrons. The highest BCUT2D eigenvalue weighted by molar-refractivity contribution is 6.32. The van der Waals surface area contributed by atoms with Gasteiger partial charge in [-0.15, -0.1) is 4.68 Å². The molecule has 21 heavy (non-hydrogen) atoms. The largest absolute Gasteiger partial charge is 0.469 e. The number of nitrogens with one attached hydrogen (secondary N) is 1. The molecule has 0 fully saturated rings. The van der Waals surface area contributed by atoms with E-state index in [1.54, 1.807) is 12.1 Å². The highest BCUT2D eigenvalue weighted by Gasteiger charge is 2.19. The van der Waals surface area contributed by atoms with Gasteiger partial charge in [0.25, 0.3) is 5.91 Å². The summed E-state index contributed by atoms with van der Waals surface area (Å²) in [4.78, 5) is 21.2. The summed E-state index contributed by atoms with van der Waals surface area (Å²) < 4.78 is 6.56. The lowest BCUT2D eigenvalue weighted by Gasteiger charge is -2.05. The van der Waals surface area contributed by atoms with Crippen molar-refractivity contribution in [1.29, 1.82) is 0 Å². The molecule has 2 aromatic rings. The fraction of sp³-hybridized carbons (Fsp3) is 0.0909. The van der Waals surface area contributed by atoms with E-state index >= 15 is 0 Å². The van der Waals surface area contributed by atoms with Crippen molar-refractivity contribution in [2.24, 2.45) is 5.84 Å². The SMILES string of the molecule is NNC(=O)c1ccc(OCn2cc(Cl)c([N+](=O)[O-])n2)cc1. The van der Waals surface area contributed by atoms with Crippen LogP contribution >= 0.6 is 11.6 Å². The first kappa shape index (κ1) is 14.8. The van der Waals surface area contributed by atoms with E-state index in [9.17, 15) is 14.9 Å². The number of nitro groups is 1. The van der Waals surface area contributed by atoms with E-state index in [1.807, 2.05) is 5.43 Å². The van der Waals surface area contributed by atoms with Crippen LogP contribution in [0.15, 0.2) is 30.5 Å². The summed E-state index contributed by atoms with van der Waals surface area (Å²) in [7, 11) is 0. The van der Waals surface area contributed by atoms with Gasteiger partial charge in [0.05, 0.1) is 11.3 Å². The summed E-state index contributed by atoms with van der Waals surface area (Å²) in [5, 5.41) is 14.2. The standard InChI is InChI=1S/C11H10ClN5O4/c12-9-5-16(15-10(9)17(19)20)6-21-8-3-1-7(2-4-8)11(18)14-13/h1-5H,6,13H2,(H,14,18). The lowest BCUT2D eigenvalue weighted by Crippen LogP contribution is -2.29. The maximum absolute atomic E-state index is 11.2. The number of nitrogens with zero attached hydrogens (tertiary/aromatic N) is 3. The Kier molecular flexibility index (Phi) is 4.36. The number of hydrogen-bond acceptors (Lipinski definition) is 6. The Bertz CT molecular complexity index is 670. The molecule has 0 aliphatic rings. The lowest BCUT2D eigenvalue weighted by atomic mass is 10.2. The Labute approximate surface area is 123 Å². The molecule has 0 saturated carbocycles. The Balaban J connectivity index is 2.01. The van der Waals surface area contributed by atoms with Gasteiger partial charge in [0.2, 0.25) is 6.73 Å². The van der Waals surface area contributed by atoms with E-state index in [-0.39, 0.29) is 11.8 Å². The highest BCUT2D eigenvalue weighted by Crippen LogP contribution is 2.21. The van der Waals surface area contributed by atoms with E-state index in [0.29, 0.717) is 11.3 Å². The summed E-state index contributed by atoms with van der Waals surface area (Å²) in [6.45, 7) is -0.0595. The number of nitrogens with two attached hydrogens (primary N) is 1. The van der Waals surface area contributed by atoms with Gasteiger partial charge in [0.15, 0.2) is 5.02 Å². The van der Waals surface area contributed by atoms with Crippen molar-refractivity contribution in [2.75, 3.05) is 0 Å². The Morgan fingerprint density at radius 1 is 1.48 bits per heavy atom. The molecule has 1 amide bonds. The molecule has 0 unspecified atom stereocenters. The quantitative estimate of drug-likeness (QED) is 0.368. The molecule has 10 heteroatoms. The molecular weight excluding hydrogens is 302 g/mol. The van der Waals surface area contributed by atoms with E-state index in [4.69, 9.17) is 22.2 Å². The van der Waals surface area contributed by atoms with Gasteiger partial charge >= 0.3 is 5.82 Å². The van der Waals surface area contributed by atoms with Crippen molar-refractivity contribution in [3.05, 3.63) is 51.2 Å². The van der Waals surface area contributed by atoms with Gasteiger partial charge in [-0.2, -0.15) is 0 Å². The average Bonchev–Trinajstić information content (AvgIpc) is 2.86. The number of halogens is 1. The second-order valence-electron chi connectivity index (χ2n) is 3.87. The fourth-order valence-corrected chi connectivity index (χ4v) is 1.72. The minimum absolute atomic E-state index is 0.0595. The predicted molar refractivity (Wildman–Crippen MR) is 72.6 cm³/mol. The van der Waals surface area contributed by atoms with Crippen LogP contribution in [0.5, 0.6) is 5.75 Å². The van der Waals surface area contributed by atoms with Crippen LogP contribution in [0.2, 0.25) is 5.02 Å². The van der Waals surface area contributed by atoms with E-state index in [1.165, 1.54) is 23.0 Å². The molecule has 0 radical (unpaired) electrons. The van der Waals surface area contributed by atoms with Crippen molar-refractivity contribution in [3.8, 4) is 5.75 Å². The van der Waals surface area contributed by atoms with Gasteiger partial charge < -0.3 is 14.9 Å². The minimum Gasteiger partial charge on any atom is -0.469 e. The second-order valence-corrected chi connectivity index (χ2v) is 4.28. The number of hydrogen-bond donors (Lipinski definition) is 2. The molecule has 0 aliphatic heterocycles. The number of hydrazine groups is 1. The number of aromatic nitrogens is 2. The number of ether oxygens (including phenoxy) is 1. The number of benzene rings is 1. The maximum atomic E-state index is 11.2. The highest BCUT2D eigenvalue weighted by atomic mass is 35.5. The molecule has 9 nitrogen and oxygen atoms in total. The van der Waals surface area contributed by atoms with Gasteiger partial charge in [0.1, 0.15) is 5.75 Å². The van der Waals surface area contributed by atoms with Crippen LogP contribution in [-0.4, -0.2) is 20.6 Å². The van der Waals surface area contributed by atoms with Crippen LogP contribution in [0, 0.1) is 10.1 Å². The van der Waals surface area contributed by atoms with Gasteiger partial charge in [-0.1, -0.05) is 11.6 Å². The van der Waals surface area contributed by atoms with Crippen LogP contribution in [-0.2, 0) is 6.73 Å². The molecule has 1 aromatic heterocycles. The molecule has 2 rings (SSSR count). The zero-order valence-corrected chi connectivity index (χ0v) is 11.3. The Morgan fingerprint density at radius 2 is 2.14 bits per heavy atom. The fourth-order valence-electron chi connectivity index (χ4n) is 1.50. The average molecular weight is 312 g/mol. The van der Waals surface area contributed by atoms with Gasteiger partial charge in [-0.05, 0) is 29.2 Å². The molecule has 0 saturated heterocycles. The molecule has 0 aliphatic carbocycles. The van der Waals surface area contributed by atoms with E-state index in [2.05, 4.69) is 5.10 Å². The van der Waals surface area contributed by atoms with E-state index < -0.39 is 16.6 Å². The van der Waals surface area contributed by atoms with Crippen molar-refractivity contribution in [1.82, 2.24) is 15.2 Å². The zero-order chi connectivity index (χ0) is 15.4. The smallest absolute Gasteiger partial charge is 0.408 e. The third-order valence-electron chi connectivity index (χ3n) is 2.48. The summed E-state index contributed by atoms with van der Waals surface area (Å²) >= 11 is 5.66. The maximum Gasteiger partial charge on any atom is 0.408 e. The molecular formula is C11H10ClN5O4. The summed E-state index contributed by atoms with van der Waals surface area (Å²) in [5.74, 6) is 4.61. The lowest BCUT2D eigenvalue weighted by molar-refractivity contribution is -0.389. The van der Waals surface area contributed by atoms with E-state index in [0.717, 1.165) is 0 Å². The van der Waals surface area contributed by atoms with Crippen LogP contribution in [0.4, 0.5) is 5.82 Å². The number of carbonyl (C=O) groups excluding carboxylic acids is 1. The minimum atomic E-state index is -0.681. The first-order valence-electron chi connectivity index (χ1n) is 5.62. The van der Waals surface area contributed by atoms with Crippen LogP contribution in [0.3, 0.4) is 0 Å². The normalized spacial score (nSPS) is 10.2. The summed E-state index contributed by atoms with van der Waals surface area (Å²) in [5.41, 5.74) is 2.38. The first-order valence-corrected chi connectivity index (χ1v) is 6.00. The molecule has 0 atom stereocenters. The monoisotopic (exact) mass is 311 g/mol. The van der Waals surface area contributed by atoms with Crippen molar-refractivity contribution >= 4 is 23.3 Å². The third kappa shape index (κ3) is 3.46. The number of amides is 1. The second kappa shape index (κ2) is 6.20. The molecule has 0 spiro atoms. The van der Waals surface area contributed by atoms with Gasteiger partial charge in [-0.25, -0.2) is 5.84 Å². The van der Waals surface area contributed by atoms with Crippen molar-refractivity contribution < 1.29 is 14.5 Å². The number of carbonyl (C=O) groups is 1. The van der Waals surface area contributed by atoms with Crippen molar-refractivity contribution in [2.45, 2.75) is 6.73 Å². The zero-order valence-electron chi connectivity index (χ0n) is 10.5. The Morgan fingerprint density at radius 3 is 2.67 bits per heavy atom. The first-order chi connectivity index (χ1) is 10.0. The predicted octanol–water partition coefficient (Wildman–Crippen LogP) is 1.08. The number of nitrogen functional groups attached to an aromatic ring is 1. The van der Waals surface area contributed by atoms with Crippen LogP contribution in [0.25, 0.3) is 0 Å². The van der Waals surface area contributed by atoms with Gasteiger partial charge in [-0.3, -0.25) is 10.2 Å². The number of rotatable bonds is 5. The third-order valence-corrected chi connectivity index (χ3v) is 2.75.